The van der Waals surface area contributed by atoms with Crippen molar-refractivity contribution in [1.29, 1.82) is 0 Å². The molecule has 0 aliphatic heterocycles. The maximum absolute atomic E-state index is 13.3. The summed E-state index contributed by atoms with van der Waals surface area (Å²) in [6.07, 6.45) is 1.53. The van der Waals surface area contributed by atoms with Crippen LogP contribution in [0.25, 0.3) is 0 Å². The van der Waals surface area contributed by atoms with Crippen LogP contribution in [0.5, 0.6) is 0 Å². The Morgan fingerprint density at radius 1 is 1.06 bits per heavy atom. The third kappa shape index (κ3) is 2.00. The van der Waals surface area contributed by atoms with Gasteiger partial charge in [0, 0.05) is 17.8 Å². The number of hydrogen-bond acceptors (Lipinski definition) is 1. The number of halogens is 2. The maximum Gasteiger partial charge on any atom is 0.250 e. The smallest absolute Gasteiger partial charge is 0.250 e. The van der Waals surface area contributed by atoms with Gasteiger partial charge in [0.15, 0.2) is 11.6 Å². The lowest BCUT2D eigenvalue weighted by molar-refractivity contribution is 0.494. The summed E-state index contributed by atoms with van der Waals surface area (Å²) in [5.74, 6) is -1.81. The minimum absolute atomic E-state index is 0.0310. The van der Waals surface area contributed by atoms with Crippen molar-refractivity contribution in [2.45, 2.75) is 6.54 Å². The van der Waals surface area contributed by atoms with E-state index in [2.05, 4.69) is 0 Å². The first-order chi connectivity index (χ1) is 7.68. The SMILES string of the molecule is O=c1ccccn1Cc1cccc(F)c1F. The molecule has 82 valence electrons. The van der Waals surface area contributed by atoms with Gasteiger partial charge in [-0.25, -0.2) is 8.78 Å². The summed E-state index contributed by atoms with van der Waals surface area (Å²) >= 11 is 0. The first kappa shape index (κ1) is 10.5. The normalized spacial score (nSPS) is 10.4. The molecule has 0 fully saturated rings. The standard InChI is InChI=1S/C12H9F2NO/c13-10-5-3-4-9(12(10)14)8-15-7-2-1-6-11(15)16/h1-7H,8H2. The summed E-state index contributed by atoms with van der Waals surface area (Å²) in [6, 6.07) is 8.56. The van der Waals surface area contributed by atoms with Gasteiger partial charge in [-0.2, -0.15) is 0 Å². The minimum atomic E-state index is -0.904. The number of nitrogens with zero attached hydrogens (tertiary/aromatic N) is 1. The van der Waals surface area contributed by atoms with E-state index >= 15 is 0 Å². The van der Waals surface area contributed by atoms with Gasteiger partial charge in [0.05, 0.1) is 6.54 Å². The highest BCUT2D eigenvalue weighted by atomic mass is 19.2. The summed E-state index contributed by atoms with van der Waals surface area (Å²) in [7, 11) is 0. The maximum atomic E-state index is 13.3. The molecule has 1 aromatic carbocycles. The van der Waals surface area contributed by atoms with E-state index in [0.717, 1.165) is 6.07 Å². The Hall–Kier alpha value is -1.97. The van der Waals surface area contributed by atoms with Crippen LogP contribution in [0, 0.1) is 11.6 Å². The fraction of sp³-hybridized carbons (Fsp3) is 0.0833. The second-order valence-electron chi connectivity index (χ2n) is 3.38. The van der Waals surface area contributed by atoms with Gasteiger partial charge >= 0.3 is 0 Å². The van der Waals surface area contributed by atoms with Gasteiger partial charge in [-0.1, -0.05) is 18.2 Å². The van der Waals surface area contributed by atoms with Crippen molar-refractivity contribution in [2.75, 3.05) is 0 Å². The van der Waals surface area contributed by atoms with Crippen molar-refractivity contribution in [1.82, 2.24) is 4.57 Å². The zero-order chi connectivity index (χ0) is 11.5. The predicted octanol–water partition coefficient (Wildman–Crippen LogP) is 2.17. The fourth-order valence-electron chi connectivity index (χ4n) is 1.45. The number of benzene rings is 1. The van der Waals surface area contributed by atoms with Crippen LogP contribution in [0.2, 0.25) is 0 Å². The summed E-state index contributed by atoms with van der Waals surface area (Å²) < 4.78 is 27.6. The number of rotatable bonds is 2. The lowest BCUT2D eigenvalue weighted by Gasteiger charge is -2.06. The minimum Gasteiger partial charge on any atom is -0.311 e. The first-order valence-corrected chi connectivity index (χ1v) is 4.77. The molecule has 0 aliphatic carbocycles. The summed E-state index contributed by atoms with van der Waals surface area (Å²) in [4.78, 5) is 11.4. The topological polar surface area (TPSA) is 22.0 Å². The molecule has 2 aromatic rings. The lowest BCUT2D eigenvalue weighted by Crippen LogP contribution is -2.19. The molecule has 0 bridgehead atoms. The van der Waals surface area contributed by atoms with Crippen LogP contribution in [-0.2, 0) is 6.54 Å². The zero-order valence-electron chi connectivity index (χ0n) is 8.36. The summed E-state index contributed by atoms with van der Waals surface area (Å²) in [6.45, 7) is 0.0310. The van der Waals surface area contributed by atoms with Crippen LogP contribution in [0.3, 0.4) is 0 Å². The van der Waals surface area contributed by atoms with Crippen molar-refractivity contribution < 1.29 is 8.78 Å². The van der Waals surface area contributed by atoms with Crippen LogP contribution >= 0.6 is 0 Å². The van der Waals surface area contributed by atoms with E-state index in [1.165, 1.54) is 29.0 Å². The first-order valence-electron chi connectivity index (χ1n) is 4.77. The highest BCUT2D eigenvalue weighted by Gasteiger charge is 2.07. The molecule has 0 amide bonds. The zero-order valence-corrected chi connectivity index (χ0v) is 8.36. The van der Waals surface area contributed by atoms with Crippen LogP contribution in [0.15, 0.2) is 47.4 Å². The molecule has 0 radical (unpaired) electrons. The van der Waals surface area contributed by atoms with Crippen LogP contribution in [0.1, 0.15) is 5.56 Å². The van der Waals surface area contributed by atoms with E-state index in [-0.39, 0.29) is 17.7 Å². The monoisotopic (exact) mass is 221 g/mol. The van der Waals surface area contributed by atoms with Crippen molar-refractivity contribution >= 4 is 0 Å². The van der Waals surface area contributed by atoms with Crippen LogP contribution in [0.4, 0.5) is 8.78 Å². The van der Waals surface area contributed by atoms with Gasteiger partial charge < -0.3 is 4.57 Å². The molecule has 4 heteroatoms. The molecule has 0 aliphatic rings. The molecule has 1 heterocycles. The molecular weight excluding hydrogens is 212 g/mol. The highest BCUT2D eigenvalue weighted by Crippen LogP contribution is 2.11. The number of pyridine rings is 1. The van der Waals surface area contributed by atoms with Gasteiger partial charge in [0.2, 0.25) is 0 Å². The van der Waals surface area contributed by atoms with Gasteiger partial charge in [0.25, 0.3) is 5.56 Å². The molecule has 2 rings (SSSR count). The fourth-order valence-corrected chi connectivity index (χ4v) is 1.45. The van der Waals surface area contributed by atoms with E-state index < -0.39 is 11.6 Å². The predicted molar refractivity (Wildman–Crippen MR) is 56.2 cm³/mol. The van der Waals surface area contributed by atoms with E-state index in [4.69, 9.17) is 0 Å². The molecule has 0 saturated carbocycles. The van der Waals surface area contributed by atoms with Gasteiger partial charge in [-0.05, 0) is 12.1 Å². The largest absolute Gasteiger partial charge is 0.311 e. The van der Waals surface area contributed by atoms with Crippen molar-refractivity contribution in [3.8, 4) is 0 Å². The lowest BCUT2D eigenvalue weighted by atomic mass is 10.2. The number of hydrogen-bond donors (Lipinski definition) is 0. The summed E-state index contributed by atoms with van der Waals surface area (Å²) in [5, 5.41) is 0. The molecular formula is C12H9F2NO. The molecule has 0 spiro atoms. The Labute approximate surface area is 90.8 Å². The van der Waals surface area contributed by atoms with Crippen LogP contribution < -0.4 is 5.56 Å². The Balaban J connectivity index is 2.38. The van der Waals surface area contributed by atoms with E-state index in [1.807, 2.05) is 0 Å². The van der Waals surface area contributed by atoms with Crippen molar-refractivity contribution in [2.24, 2.45) is 0 Å². The third-order valence-electron chi connectivity index (χ3n) is 2.27. The Morgan fingerprint density at radius 2 is 1.88 bits per heavy atom. The summed E-state index contributed by atoms with van der Waals surface area (Å²) in [5.41, 5.74) is -0.0838. The van der Waals surface area contributed by atoms with Crippen molar-refractivity contribution in [3.05, 3.63) is 70.1 Å². The third-order valence-corrected chi connectivity index (χ3v) is 2.27. The van der Waals surface area contributed by atoms with Gasteiger partial charge in [-0.15, -0.1) is 0 Å². The average molecular weight is 221 g/mol. The Bertz CT molecular complexity index is 563. The molecule has 1 aromatic heterocycles. The molecule has 0 unspecified atom stereocenters. The molecule has 2 nitrogen and oxygen atoms in total. The highest BCUT2D eigenvalue weighted by molar-refractivity contribution is 5.19. The van der Waals surface area contributed by atoms with Crippen LogP contribution in [-0.4, -0.2) is 4.57 Å². The second-order valence-corrected chi connectivity index (χ2v) is 3.38. The van der Waals surface area contributed by atoms with Crippen molar-refractivity contribution in [3.63, 3.8) is 0 Å². The van der Waals surface area contributed by atoms with Gasteiger partial charge in [-0.3, -0.25) is 4.79 Å². The Kier molecular flexibility index (Phi) is 2.81. The Morgan fingerprint density at radius 3 is 2.62 bits per heavy atom. The molecule has 0 saturated heterocycles. The quantitative estimate of drug-likeness (QED) is 0.761. The van der Waals surface area contributed by atoms with E-state index in [9.17, 15) is 13.6 Å². The van der Waals surface area contributed by atoms with Gasteiger partial charge in [0.1, 0.15) is 0 Å². The average Bonchev–Trinajstić information content (AvgIpc) is 2.28. The van der Waals surface area contributed by atoms with E-state index in [1.54, 1.807) is 12.1 Å². The molecule has 0 N–H and O–H groups in total. The molecule has 0 atom stereocenters. The second kappa shape index (κ2) is 4.26. The van der Waals surface area contributed by atoms with E-state index in [0.29, 0.717) is 0 Å². The number of aromatic nitrogens is 1. The molecule has 16 heavy (non-hydrogen) atoms.